The number of hydrogen-bond acceptors (Lipinski definition) is 3. The average Bonchev–Trinajstić information content (AvgIpc) is 2.99. The van der Waals surface area contributed by atoms with E-state index in [4.69, 9.17) is 0 Å². The second-order valence-electron chi connectivity index (χ2n) is 4.42. The highest BCUT2D eigenvalue weighted by Gasteiger charge is 2.23. The fourth-order valence-corrected chi connectivity index (χ4v) is 2.01. The quantitative estimate of drug-likeness (QED) is 0.884. The smallest absolute Gasteiger partial charge is 0.276 e. The molecule has 6 heteroatoms. The number of imidazole rings is 1. The van der Waals surface area contributed by atoms with Crippen molar-refractivity contribution in [2.24, 2.45) is 0 Å². The van der Waals surface area contributed by atoms with Crippen LogP contribution in [0, 0.1) is 0 Å². The predicted octanol–water partition coefficient (Wildman–Crippen LogP) is 2.14. The van der Waals surface area contributed by atoms with Crippen molar-refractivity contribution in [2.75, 3.05) is 18.4 Å². The van der Waals surface area contributed by atoms with Crippen LogP contribution < -0.4 is 5.32 Å². The summed E-state index contributed by atoms with van der Waals surface area (Å²) in [5.74, 6) is -0.631. The molecule has 0 saturated carbocycles. The van der Waals surface area contributed by atoms with E-state index in [-0.39, 0.29) is 17.3 Å². The topological polar surface area (TPSA) is 78.1 Å². The molecule has 0 aliphatic rings. The minimum atomic E-state index is -0.405. The van der Waals surface area contributed by atoms with Crippen molar-refractivity contribution in [3.63, 3.8) is 0 Å². The number of aromatic amines is 1. The highest BCUT2D eigenvalue weighted by Crippen LogP contribution is 2.11. The van der Waals surface area contributed by atoms with Gasteiger partial charge in [0.1, 0.15) is 5.69 Å². The van der Waals surface area contributed by atoms with Gasteiger partial charge in [-0.25, -0.2) is 4.98 Å². The van der Waals surface area contributed by atoms with E-state index >= 15 is 0 Å². The van der Waals surface area contributed by atoms with Gasteiger partial charge in [-0.3, -0.25) is 9.59 Å². The summed E-state index contributed by atoms with van der Waals surface area (Å²) in [5, 5.41) is 2.72. The van der Waals surface area contributed by atoms with E-state index in [9.17, 15) is 9.59 Å². The molecule has 0 unspecified atom stereocenters. The first-order chi connectivity index (χ1) is 10.2. The molecule has 0 atom stereocenters. The molecule has 21 heavy (non-hydrogen) atoms. The van der Waals surface area contributed by atoms with Crippen molar-refractivity contribution in [1.29, 1.82) is 0 Å². The van der Waals surface area contributed by atoms with Crippen LogP contribution in [0.3, 0.4) is 0 Å². The molecule has 1 heterocycles. The van der Waals surface area contributed by atoms with Crippen LogP contribution in [0.25, 0.3) is 0 Å². The Morgan fingerprint density at radius 2 is 1.86 bits per heavy atom. The maximum absolute atomic E-state index is 12.3. The number of nitrogens with one attached hydrogen (secondary N) is 2. The van der Waals surface area contributed by atoms with Gasteiger partial charge < -0.3 is 15.2 Å². The SMILES string of the molecule is CCN(CC)C(=O)c1[nH]cnc1C(=O)Nc1ccccc1. The fourth-order valence-electron chi connectivity index (χ4n) is 2.01. The maximum Gasteiger partial charge on any atom is 0.276 e. The zero-order valence-electron chi connectivity index (χ0n) is 12.1. The van der Waals surface area contributed by atoms with Crippen molar-refractivity contribution >= 4 is 17.5 Å². The Hall–Kier alpha value is -2.63. The number of para-hydroxylation sites is 1. The number of carbonyl (C=O) groups is 2. The van der Waals surface area contributed by atoms with Crippen molar-refractivity contribution in [3.05, 3.63) is 48.0 Å². The summed E-state index contributed by atoms with van der Waals surface area (Å²) in [6.07, 6.45) is 1.36. The van der Waals surface area contributed by atoms with Gasteiger partial charge in [0.15, 0.2) is 5.69 Å². The monoisotopic (exact) mass is 286 g/mol. The van der Waals surface area contributed by atoms with Gasteiger partial charge in [0.05, 0.1) is 6.33 Å². The minimum Gasteiger partial charge on any atom is -0.340 e. The van der Waals surface area contributed by atoms with Crippen molar-refractivity contribution in [3.8, 4) is 0 Å². The van der Waals surface area contributed by atoms with E-state index in [1.54, 1.807) is 17.0 Å². The van der Waals surface area contributed by atoms with E-state index in [2.05, 4.69) is 15.3 Å². The highest BCUT2D eigenvalue weighted by atomic mass is 16.2. The number of rotatable bonds is 5. The zero-order valence-corrected chi connectivity index (χ0v) is 12.1. The van der Waals surface area contributed by atoms with E-state index in [0.29, 0.717) is 18.8 Å². The van der Waals surface area contributed by atoms with Crippen LogP contribution in [0.5, 0.6) is 0 Å². The molecule has 0 radical (unpaired) electrons. The van der Waals surface area contributed by atoms with Crippen LogP contribution in [-0.4, -0.2) is 39.8 Å². The lowest BCUT2D eigenvalue weighted by atomic mass is 10.2. The standard InChI is InChI=1S/C15H18N4O2/c1-3-19(4-2)15(21)13-12(16-10-17-13)14(20)18-11-8-6-5-7-9-11/h5-10H,3-4H2,1-2H3,(H,16,17)(H,18,20). The molecular formula is C15H18N4O2. The molecule has 0 aliphatic carbocycles. The molecule has 0 spiro atoms. The maximum atomic E-state index is 12.3. The van der Waals surface area contributed by atoms with Crippen LogP contribution in [0.15, 0.2) is 36.7 Å². The molecule has 110 valence electrons. The summed E-state index contributed by atoms with van der Waals surface area (Å²) in [4.78, 5) is 32.9. The zero-order chi connectivity index (χ0) is 15.2. The van der Waals surface area contributed by atoms with Gasteiger partial charge in [-0.2, -0.15) is 0 Å². The Morgan fingerprint density at radius 3 is 2.48 bits per heavy atom. The molecule has 0 bridgehead atoms. The summed E-state index contributed by atoms with van der Waals surface area (Å²) in [5.41, 5.74) is 0.981. The average molecular weight is 286 g/mol. The first kappa shape index (κ1) is 14.8. The highest BCUT2D eigenvalue weighted by molar-refractivity contribution is 6.10. The van der Waals surface area contributed by atoms with Gasteiger partial charge in [-0.15, -0.1) is 0 Å². The van der Waals surface area contributed by atoms with Gasteiger partial charge in [0, 0.05) is 18.8 Å². The molecule has 2 N–H and O–H groups in total. The Bertz CT molecular complexity index is 618. The van der Waals surface area contributed by atoms with Crippen molar-refractivity contribution < 1.29 is 9.59 Å². The number of amides is 2. The van der Waals surface area contributed by atoms with Gasteiger partial charge in [-0.05, 0) is 26.0 Å². The number of aromatic nitrogens is 2. The molecule has 1 aromatic carbocycles. The van der Waals surface area contributed by atoms with Gasteiger partial charge in [0.25, 0.3) is 11.8 Å². The Kier molecular flexibility index (Phi) is 4.71. The number of H-pyrrole nitrogens is 1. The minimum absolute atomic E-state index is 0.107. The molecule has 6 nitrogen and oxygen atoms in total. The van der Waals surface area contributed by atoms with Crippen LogP contribution >= 0.6 is 0 Å². The van der Waals surface area contributed by atoms with Crippen LogP contribution in [0.4, 0.5) is 5.69 Å². The third kappa shape index (κ3) is 3.28. The Labute approximate surface area is 123 Å². The molecule has 0 aliphatic heterocycles. The largest absolute Gasteiger partial charge is 0.340 e. The van der Waals surface area contributed by atoms with Crippen molar-refractivity contribution in [1.82, 2.24) is 14.9 Å². The number of hydrogen-bond donors (Lipinski definition) is 2. The second kappa shape index (κ2) is 6.69. The first-order valence-electron chi connectivity index (χ1n) is 6.86. The van der Waals surface area contributed by atoms with Crippen LogP contribution in [-0.2, 0) is 0 Å². The van der Waals surface area contributed by atoms with Gasteiger partial charge in [-0.1, -0.05) is 18.2 Å². The van der Waals surface area contributed by atoms with E-state index in [1.165, 1.54) is 6.33 Å². The van der Waals surface area contributed by atoms with E-state index in [1.807, 2.05) is 32.0 Å². The lowest BCUT2D eigenvalue weighted by molar-refractivity contribution is 0.0762. The summed E-state index contributed by atoms with van der Waals surface area (Å²) < 4.78 is 0. The van der Waals surface area contributed by atoms with E-state index in [0.717, 1.165) is 0 Å². The molecule has 2 rings (SSSR count). The third-order valence-electron chi connectivity index (χ3n) is 3.15. The number of nitrogens with zero attached hydrogens (tertiary/aromatic N) is 2. The summed E-state index contributed by atoms with van der Waals surface area (Å²) in [6, 6.07) is 9.05. The summed E-state index contributed by atoms with van der Waals surface area (Å²) in [7, 11) is 0. The van der Waals surface area contributed by atoms with E-state index < -0.39 is 5.91 Å². The lowest BCUT2D eigenvalue weighted by Gasteiger charge is -2.18. The number of benzene rings is 1. The fraction of sp³-hybridized carbons (Fsp3) is 0.267. The first-order valence-corrected chi connectivity index (χ1v) is 6.86. The van der Waals surface area contributed by atoms with Gasteiger partial charge in [0.2, 0.25) is 0 Å². The summed E-state index contributed by atoms with van der Waals surface area (Å²) >= 11 is 0. The third-order valence-corrected chi connectivity index (χ3v) is 3.15. The second-order valence-corrected chi connectivity index (χ2v) is 4.42. The molecular weight excluding hydrogens is 268 g/mol. The molecule has 0 saturated heterocycles. The number of carbonyl (C=O) groups excluding carboxylic acids is 2. The molecule has 2 aromatic rings. The molecule has 1 aromatic heterocycles. The Balaban J connectivity index is 2.20. The van der Waals surface area contributed by atoms with Crippen molar-refractivity contribution in [2.45, 2.75) is 13.8 Å². The molecule has 0 fully saturated rings. The number of anilines is 1. The van der Waals surface area contributed by atoms with Crippen LogP contribution in [0.1, 0.15) is 34.8 Å². The lowest BCUT2D eigenvalue weighted by Crippen LogP contribution is -2.32. The van der Waals surface area contributed by atoms with Crippen LogP contribution in [0.2, 0.25) is 0 Å². The normalized spacial score (nSPS) is 10.2. The molecule has 2 amide bonds. The Morgan fingerprint density at radius 1 is 1.19 bits per heavy atom. The summed E-state index contributed by atoms with van der Waals surface area (Å²) in [6.45, 7) is 4.94. The predicted molar refractivity (Wildman–Crippen MR) is 80.2 cm³/mol. The van der Waals surface area contributed by atoms with Gasteiger partial charge >= 0.3 is 0 Å².